The van der Waals surface area contributed by atoms with Crippen LogP contribution in [0.4, 0.5) is 0 Å². The van der Waals surface area contributed by atoms with Crippen LogP contribution in [0.3, 0.4) is 0 Å². The van der Waals surface area contributed by atoms with Crippen LogP contribution in [0.1, 0.15) is 35.2 Å². The standard InChI is InChI=1S/C24H25N3O3/c1-5-6-12-22-17(3)16(2)13-21(24(29)27(22)4)25-23(28)20-15-19(30-26-20)14-18-10-8-7-9-11-18/h5-12,15,21H,1-2,13-14H2,3-4H3,(H,25,28)/b12-6-/t21-/m0/s1. The summed E-state index contributed by atoms with van der Waals surface area (Å²) in [5.74, 6) is -0.104. The summed E-state index contributed by atoms with van der Waals surface area (Å²) in [6, 6.07) is 10.6. The van der Waals surface area contributed by atoms with Crippen molar-refractivity contribution in [1.82, 2.24) is 15.4 Å². The summed E-state index contributed by atoms with van der Waals surface area (Å²) >= 11 is 0. The number of nitrogens with zero attached hydrogens (tertiary/aromatic N) is 2. The van der Waals surface area contributed by atoms with Crippen molar-refractivity contribution in [3.05, 3.63) is 102 Å². The van der Waals surface area contributed by atoms with Gasteiger partial charge in [-0.3, -0.25) is 9.59 Å². The van der Waals surface area contributed by atoms with Crippen LogP contribution in [-0.2, 0) is 11.2 Å². The van der Waals surface area contributed by atoms with Crippen LogP contribution in [0.5, 0.6) is 0 Å². The minimum Gasteiger partial charge on any atom is -0.360 e. The Morgan fingerprint density at radius 1 is 1.37 bits per heavy atom. The molecule has 0 spiro atoms. The fraction of sp³-hybridized carbons (Fsp3) is 0.208. The number of hydrogen-bond acceptors (Lipinski definition) is 4. The van der Waals surface area contributed by atoms with Crippen molar-refractivity contribution in [3.63, 3.8) is 0 Å². The summed E-state index contributed by atoms with van der Waals surface area (Å²) < 4.78 is 5.30. The van der Waals surface area contributed by atoms with E-state index in [1.165, 1.54) is 4.90 Å². The van der Waals surface area contributed by atoms with E-state index >= 15 is 0 Å². The Hall–Kier alpha value is -3.67. The summed E-state index contributed by atoms with van der Waals surface area (Å²) in [4.78, 5) is 27.2. The van der Waals surface area contributed by atoms with Crippen LogP contribution in [-0.4, -0.2) is 35.0 Å². The highest BCUT2D eigenvalue weighted by Gasteiger charge is 2.31. The molecule has 2 heterocycles. The van der Waals surface area contributed by atoms with E-state index in [1.807, 2.05) is 43.3 Å². The molecule has 0 fully saturated rings. The lowest BCUT2D eigenvalue weighted by atomic mass is 10.0. The second-order valence-corrected chi connectivity index (χ2v) is 7.18. The number of nitrogens with one attached hydrogen (secondary N) is 1. The molecule has 6 heteroatoms. The summed E-state index contributed by atoms with van der Waals surface area (Å²) in [5, 5.41) is 6.64. The predicted octanol–water partition coefficient (Wildman–Crippen LogP) is 3.80. The Kier molecular flexibility index (Phi) is 6.47. The van der Waals surface area contributed by atoms with Crippen LogP contribution in [0, 0.1) is 0 Å². The Morgan fingerprint density at radius 3 is 2.80 bits per heavy atom. The van der Waals surface area contributed by atoms with Gasteiger partial charge in [0.15, 0.2) is 5.69 Å². The molecule has 1 N–H and O–H groups in total. The molecule has 3 rings (SSSR count). The molecule has 1 aliphatic heterocycles. The number of amides is 2. The van der Waals surface area contributed by atoms with Crippen LogP contribution in [0.15, 0.2) is 89.2 Å². The maximum absolute atomic E-state index is 13.0. The first kappa shape index (κ1) is 21.0. The molecule has 2 aromatic rings. The highest BCUT2D eigenvalue weighted by Crippen LogP contribution is 2.26. The summed E-state index contributed by atoms with van der Waals surface area (Å²) in [6.45, 7) is 9.66. The third kappa shape index (κ3) is 4.66. The molecular weight excluding hydrogens is 378 g/mol. The average Bonchev–Trinajstić information content (AvgIpc) is 3.19. The van der Waals surface area contributed by atoms with Crippen molar-refractivity contribution in [2.24, 2.45) is 0 Å². The van der Waals surface area contributed by atoms with Gasteiger partial charge in [0.2, 0.25) is 5.91 Å². The summed E-state index contributed by atoms with van der Waals surface area (Å²) in [6.07, 6.45) is 6.07. The quantitative estimate of drug-likeness (QED) is 0.745. The summed E-state index contributed by atoms with van der Waals surface area (Å²) in [7, 11) is 1.68. The van der Waals surface area contributed by atoms with Gasteiger partial charge in [0.1, 0.15) is 11.8 Å². The van der Waals surface area contributed by atoms with Crippen molar-refractivity contribution >= 4 is 11.8 Å². The van der Waals surface area contributed by atoms with E-state index in [-0.39, 0.29) is 11.6 Å². The van der Waals surface area contributed by atoms with E-state index in [0.717, 1.165) is 22.4 Å². The van der Waals surface area contributed by atoms with Gasteiger partial charge >= 0.3 is 0 Å². The van der Waals surface area contributed by atoms with Gasteiger partial charge in [0.05, 0.1) is 0 Å². The van der Waals surface area contributed by atoms with E-state index in [4.69, 9.17) is 4.52 Å². The van der Waals surface area contributed by atoms with Crippen molar-refractivity contribution in [1.29, 1.82) is 0 Å². The molecule has 0 unspecified atom stereocenters. The molecule has 0 saturated carbocycles. The minimum atomic E-state index is -0.742. The Morgan fingerprint density at radius 2 is 2.10 bits per heavy atom. The predicted molar refractivity (Wildman–Crippen MR) is 116 cm³/mol. The lowest BCUT2D eigenvalue weighted by molar-refractivity contribution is -0.129. The number of aromatic nitrogens is 1. The van der Waals surface area contributed by atoms with Crippen LogP contribution in [0.25, 0.3) is 0 Å². The van der Waals surface area contributed by atoms with E-state index in [9.17, 15) is 9.59 Å². The first-order valence-corrected chi connectivity index (χ1v) is 9.66. The first-order valence-electron chi connectivity index (χ1n) is 9.66. The smallest absolute Gasteiger partial charge is 0.274 e. The van der Waals surface area contributed by atoms with Crippen LogP contribution < -0.4 is 5.32 Å². The Labute approximate surface area is 176 Å². The van der Waals surface area contributed by atoms with Crippen molar-refractivity contribution in [3.8, 4) is 0 Å². The number of hydrogen-bond donors (Lipinski definition) is 1. The third-order valence-corrected chi connectivity index (χ3v) is 5.06. The molecule has 0 saturated heterocycles. The zero-order valence-electron chi connectivity index (χ0n) is 17.2. The van der Waals surface area contributed by atoms with Gasteiger partial charge in [-0.25, -0.2) is 0 Å². The van der Waals surface area contributed by atoms with Crippen molar-refractivity contribution in [2.45, 2.75) is 25.8 Å². The van der Waals surface area contributed by atoms with Gasteiger partial charge in [-0.05, 0) is 29.7 Å². The highest BCUT2D eigenvalue weighted by atomic mass is 16.5. The van der Waals surface area contributed by atoms with Gasteiger partial charge < -0.3 is 14.7 Å². The van der Waals surface area contributed by atoms with Gasteiger partial charge in [-0.2, -0.15) is 0 Å². The van der Waals surface area contributed by atoms with Crippen molar-refractivity contribution < 1.29 is 14.1 Å². The Balaban J connectivity index is 1.73. The van der Waals surface area contributed by atoms with Crippen LogP contribution >= 0.6 is 0 Å². The molecule has 2 amide bonds. The fourth-order valence-corrected chi connectivity index (χ4v) is 3.31. The lowest BCUT2D eigenvalue weighted by Crippen LogP contribution is -2.46. The zero-order valence-corrected chi connectivity index (χ0v) is 17.2. The maximum Gasteiger partial charge on any atom is 0.274 e. The average molecular weight is 403 g/mol. The molecule has 154 valence electrons. The van der Waals surface area contributed by atoms with Gasteiger partial charge in [-0.15, -0.1) is 0 Å². The van der Waals surface area contributed by atoms with Gasteiger partial charge in [0, 0.05) is 31.7 Å². The zero-order chi connectivity index (χ0) is 21.7. The molecule has 1 aromatic heterocycles. The topological polar surface area (TPSA) is 75.4 Å². The molecule has 0 aliphatic carbocycles. The SMILES string of the molecule is C=C/C=C\C1=C(C)C(=C)C[C@H](NC(=O)c2cc(Cc3ccccc3)on2)C(=O)N1C. The lowest BCUT2D eigenvalue weighted by Gasteiger charge is -2.22. The van der Waals surface area contributed by atoms with Gasteiger partial charge in [-0.1, -0.05) is 60.8 Å². The monoisotopic (exact) mass is 403 g/mol. The van der Waals surface area contributed by atoms with Crippen molar-refractivity contribution in [2.75, 3.05) is 7.05 Å². The molecule has 30 heavy (non-hydrogen) atoms. The number of likely N-dealkylation sites (N-methyl/N-ethyl adjacent to an activating group) is 1. The normalized spacial score (nSPS) is 17.4. The van der Waals surface area contributed by atoms with Gasteiger partial charge in [0.25, 0.3) is 5.91 Å². The molecule has 1 aromatic carbocycles. The molecule has 1 atom stereocenters. The number of allylic oxidation sites excluding steroid dienone is 4. The van der Waals surface area contributed by atoms with E-state index in [0.29, 0.717) is 18.6 Å². The highest BCUT2D eigenvalue weighted by molar-refractivity contribution is 5.96. The number of carbonyl (C=O) groups excluding carboxylic acids is 2. The second kappa shape index (κ2) is 9.22. The Bertz CT molecular complexity index is 1030. The molecule has 0 radical (unpaired) electrons. The summed E-state index contributed by atoms with van der Waals surface area (Å²) in [5.41, 5.74) is 3.61. The number of benzene rings is 1. The van der Waals surface area contributed by atoms with E-state index < -0.39 is 11.9 Å². The van der Waals surface area contributed by atoms with E-state index in [2.05, 4.69) is 23.6 Å². The minimum absolute atomic E-state index is 0.141. The third-order valence-electron chi connectivity index (χ3n) is 5.06. The fourth-order valence-electron chi connectivity index (χ4n) is 3.31. The number of carbonyl (C=O) groups is 2. The largest absolute Gasteiger partial charge is 0.360 e. The molecule has 1 aliphatic rings. The second-order valence-electron chi connectivity index (χ2n) is 7.18. The maximum atomic E-state index is 13.0. The first-order chi connectivity index (χ1) is 14.4. The van der Waals surface area contributed by atoms with Crippen LogP contribution in [0.2, 0.25) is 0 Å². The van der Waals surface area contributed by atoms with E-state index in [1.54, 1.807) is 25.3 Å². The molecule has 0 bridgehead atoms. The number of rotatable bonds is 6. The molecule has 6 nitrogen and oxygen atoms in total. The molecular formula is C24H25N3O3.